The van der Waals surface area contributed by atoms with Crippen molar-refractivity contribution in [1.29, 1.82) is 0 Å². The summed E-state index contributed by atoms with van der Waals surface area (Å²) < 4.78 is 5.69. The van der Waals surface area contributed by atoms with Crippen molar-refractivity contribution in [3.05, 3.63) is 41.5 Å². The van der Waals surface area contributed by atoms with Crippen LogP contribution in [-0.4, -0.2) is 11.2 Å². The molecule has 1 aliphatic rings. The van der Waals surface area contributed by atoms with Crippen molar-refractivity contribution in [3.8, 4) is 5.75 Å². The number of fused-ring (bicyclic) bond motifs is 1. The van der Waals surface area contributed by atoms with Gasteiger partial charge in [-0.1, -0.05) is 12.6 Å². The number of benzene rings is 1. The predicted octanol–water partition coefficient (Wildman–Crippen LogP) is 2.06. The van der Waals surface area contributed by atoms with E-state index < -0.39 is 0 Å². The van der Waals surface area contributed by atoms with E-state index in [0.717, 1.165) is 23.3 Å². The summed E-state index contributed by atoms with van der Waals surface area (Å²) in [6, 6.07) is 5.81. The summed E-state index contributed by atoms with van der Waals surface area (Å²) in [6.45, 7) is 5.95. The Morgan fingerprint density at radius 3 is 3.07 bits per heavy atom. The van der Waals surface area contributed by atoms with Crippen LogP contribution in [-0.2, 0) is 13.0 Å². The molecule has 0 spiro atoms. The van der Waals surface area contributed by atoms with Crippen molar-refractivity contribution in [3.63, 3.8) is 0 Å². The van der Waals surface area contributed by atoms with Gasteiger partial charge in [0.25, 0.3) is 0 Å². The first kappa shape index (κ1) is 9.28. The van der Waals surface area contributed by atoms with Crippen molar-refractivity contribution in [2.45, 2.75) is 26.1 Å². The Bertz CT molecular complexity index is 369. The van der Waals surface area contributed by atoms with Gasteiger partial charge in [-0.25, -0.2) is 0 Å². The number of hydrogen-bond acceptors (Lipinski definition) is 2. The molecule has 0 bridgehead atoms. The van der Waals surface area contributed by atoms with Gasteiger partial charge in [-0.05, 0) is 35.8 Å². The number of hydrogen-bond donors (Lipinski definition) is 1. The van der Waals surface area contributed by atoms with Crippen LogP contribution in [0.3, 0.4) is 0 Å². The molecule has 2 rings (SSSR count). The van der Waals surface area contributed by atoms with Gasteiger partial charge < -0.3 is 9.84 Å². The highest BCUT2D eigenvalue weighted by Gasteiger charge is 2.23. The fourth-order valence-corrected chi connectivity index (χ4v) is 1.68. The van der Waals surface area contributed by atoms with Crippen LogP contribution in [0.1, 0.15) is 18.1 Å². The molecule has 1 heterocycles. The molecular formula is C12H14O2. The molecule has 14 heavy (non-hydrogen) atoms. The molecular weight excluding hydrogens is 176 g/mol. The third kappa shape index (κ3) is 1.53. The van der Waals surface area contributed by atoms with Crippen molar-refractivity contribution in [2.24, 2.45) is 0 Å². The van der Waals surface area contributed by atoms with Gasteiger partial charge in [0.15, 0.2) is 0 Å². The maximum Gasteiger partial charge on any atom is 0.123 e. The average Bonchev–Trinajstić information content (AvgIpc) is 2.59. The Labute approximate surface area is 83.8 Å². The first-order chi connectivity index (χ1) is 6.70. The molecule has 1 N–H and O–H groups in total. The van der Waals surface area contributed by atoms with Crippen LogP contribution in [0.25, 0.3) is 0 Å². The lowest BCUT2D eigenvalue weighted by atomic mass is 10.0. The molecule has 0 radical (unpaired) electrons. The van der Waals surface area contributed by atoms with Crippen LogP contribution in [0.5, 0.6) is 5.75 Å². The summed E-state index contributed by atoms with van der Waals surface area (Å²) >= 11 is 0. The second-order valence-corrected chi connectivity index (χ2v) is 3.76. The molecule has 0 unspecified atom stereocenters. The maximum atomic E-state index is 8.99. The molecule has 2 heteroatoms. The van der Waals surface area contributed by atoms with Gasteiger partial charge in [-0.2, -0.15) is 0 Å². The summed E-state index contributed by atoms with van der Waals surface area (Å²) in [5.74, 6) is 0.926. The topological polar surface area (TPSA) is 29.5 Å². The number of aliphatic hydroxyl groups is 1. The standard InChI is InChI=1S/C12H14O2/c1-8(2)12-6-10-5-9(7-13)3-4-11(10)14-12/h3-5,12-13H,1,6-7H2,2H3/t12-/m0/s1. The van der Waals surface area contributed by atoms with Gasteiger partial charge in [-0.3, -0.25) is 0 Å². The quantitative estimate of drug-likeness (QED) is 0.723. The number of ether oxygens (including phenoxy) is 1. The van der Waals surface area contributed by atoms with Crippen LogP contribution >= 0.6 is 0 Å². The fraction of sp³-hybridized carbons (Fsp3) is 0.333. The first-order valence-electron chi connectivity index (χ1n) is 4.75. The molecule has 1 aliphatic heterocycles. The summed E-state index contributed by atoms with van der Waals surface area (Å²) in [5.41, 5.74) is 3.16. The van der Waals surface area contributed by atoms with Crippen molar-refractivity contribution >= 4 is 0 Å². The van der Waals surface area contributed by atoms with E-state index in [1.54, 1.807) is 0 Å². The van der Waals surface area contributed by atoms with Gasteiger partial charge in [0, 0.05) is 6.42 Å². The van der Waals surface area contributed by atoms with E-state index in [4.69, 9.17) is 9.84 Å². The minimum atomic E-state index is 0.0883. The van der Waals surface area contributed by atoms with E-state index in [0.29, 0.717) is 0 Å². The zero-order chi connectivity index (χ0) is 10.1. The summed E-state index contributed by atoms with van der Waals surface area (Å²) in [6.07, 6.45) is 0.984. The molecule has 0 saturated heterocycles. The molecule has 1 atom stereocenters. The van der Waals surface area contributed by atoms with Gasteiger partial charge in [-0.15, -0.1) is 0 Å². The maximum absolute atomic E-state index is 8.99. The van der Waals surface area contributed by atoms with E-state index in [1.165, 1.54) is 5.56 Å². The lowest BCUT2D eigenvalue weighted by Gasteiger charge is -2.08. The van der Waals surface area contributed by atoms with E-state index in [9.17, 15) is 0 Å². The highest BCUT2D eigenvalue weighted by Crippen LogP contribution is 2.31. The lowest BCUT2D eigenvalue weighted by molar-refractivity contribution is 0.270. The molecule has 1 aromatic carbocycles. The Morgan fingerprint density at radius 1 is 1.64 bits per heavy atom. The molecule has 74 valence electrons. The molecule has 0 fully saturated rings. The highest BCUT2D eigenvalue weighted by atomic mass is 16.5. The molecule has 0 aliphatic carbocycles. The van der Waals surface area contributed by atoms with Crippen LogP contribution in [0, 0.1) is 0 Å². The third-order valence-electron chi connectivity index (χ3n) is 2.53. The minimum Gasteiger partial charge on any atom is -0.485 e. The number of rotatable bonds is 2. The second kappa shape index (κ2) is 3.46. The Balaban J connectivity index is 2.27. The van der Waals surface area contributed by atoms with Crippen LogP contribution in [0.2, 0.25) is 0 Å². The van der Waals surface area contributed by atoms with Crippen molar-refractivity contribution in [1.82, 2.24) is 0 Å². The van der Waals surface area contributed by atoms with Crippen molar-refractivity contribution < 1.29 is 9.84 Å². The van der Waals surface area contributed by atoms with Gasteiger partial charge in [0.2, 0.25) is 0 Å². The van der Waals surface area contributed by atoms with E-state index in [-0.39, 0.29) is 12.7 Å². The van der Waals surface area contributed by atoms with Crippen LogP contribution in [0.15, 0.2) is 30.4 Å². The lowest BCUT2D eigenvalue weighted by Crippen LogP contribution is -2.13. The number of aliphatic hydroxyl groups excluding tert-OH is 1. The SMILES string of the molecule is C=C(C)[C@@H]1Cc2cc(CO)ccc2O1. The van der Waals surface area contributed by atoms with Crippen LogP contribution in [0.4, 0.5) is 0 Å². The van der Waals surface area contributed by atoms with Gasteiger partial charge in [0.1, 0.15) is 11.9 Å². The molecule has 2 nitrogen and oxygen atoms in total. The highest BCUT2D eigenvalue weighted by molar-refractivity contribution is 5.42. The van der Waals surface area contributed by atoms with E-state index in [2.05, 4.69) is 6.58 Å². The van der Waals surface area contributed by atoms with Gasteiger partial charge >= 0.3 is 0 Å². The summed E-state index contributed by atoms with van der Waals surface area (Å²) in [7, 11) is 0. The zero-order valence-electron chi connectivity index (χ0n) is 8.29. The van der Waals surface area contributed by atoms with Crippen molar-refractivity contribution in [2.75, 3.05) is 0 Å². The molecule has 0 saturated carbocycles. The minimum absolute atomic E-state index is 0.0883. The fourth-order valence-electron chi connectivity index (χ4n) is 1.68. The first-order valence-corrected chi connectivity index (χ1v) is 4.75. The average molecular weight is 190 g/mol. The van der Waals surface area contributed by atoms with E-state index >= 15 is 0 Å². The van der Waals surface area contributed by atoms with Crippen LogP contribution < -0.4 is 4.74 Å². The normalized spacial score (nSPS) is 18.9. The molecule has 1 aromatic rings. The Hall–Kier alpha value is -1.28. The summed E-state index contributed by atoms with van der Waals surface area (Å²) in [5, 5.41) is 8.99. The largest absolute Gasteiger partial charge is 0.485 e. The Morgan fingerprint density at radius 2 is 2.43 bits per heavy atom. The molecule has 0 aromatic heterocycles. The Kier molecular flexibility index (Phi) is 2.30. The third-order valence-corrected chi connectivity index (χ3v) is 2.53. The predicted molar refractivity (Wildman–Crippen MR) is 55.3 cm³/mol. The summed E-state index contributed by atoms with van der Waals surface area (Å²) in [4.78, 5) is 0. The monoisotopic (exact) mass is 190 g/mol. The van der Waals surface area contributed by atoms with Gasteiger partial charge in [0.05, 0.1) is 6.61 Å². The zero-order valence-corrected chi connectivity index (χ0v) is 8.29. The second-order valence-electron chi connectivity index (χ2n) is 3.76. The molecule has 0 amide bonds. The van der Waals surface area contributed by atoms with E-state index in [1.807, 2.05) is 25.1 Å². The smallest absolute Gasteiger partial charge is 0.123 e.